The second-order valence-corrected chi connectivity index (χ2v) is 4.39. The maximum absolute atomic E-state index is 6.09. The number of hydrogen-bond donors (Lipinski definition) is 1. The van der Waals surface area contributed by atoms with E-state index in [2.05, 4.69) is 15.3 Å². The molecule has 0 saturated carbocycles. The van der Waals surface area contributed by atoms with Crippen LogP contribution in [-0.2, 0) is 6.54 Å². The van der Waals surface area contributed by atoms with Gasteiger partial charge in [0.25, 0.3) is 0 Å². The summed E-state index contributed by atoms with van der Waals surface area (Å²) in [6.45, 7) is 2.52. The molecule has 18 heavy (non-hydrogen) atoms. The summed E-state index contributed by atoms with van der Waals surface area (Å²) >= 11 is 6.09. The Morgan fingerprint density at radius 1 is 1.44 bits per heavy atom. The molecule has 2 heterocycles. The summed E-state index contributed by atoms with van der Waals surface area (Å²) in [4.78, 5) is 10.3. The third-order valence-corrected chi connectivity index (χ3v) is 2.77. The molecule has 96 valence electrons. The summed E-state index contributed by atoms with van der Waals surface area (Å²) in [5.74, 6) is 2.97. The Balaban J connectivity index is 2.20. The van der Waals surface area contributed by atoms with Crippen LogP contribution in [0, 0.1) is 6.92 Å². The van der Waals surface area contributed by atoms with E-state index in [4.69, 9.17) is 16.0 Å². The summed E-state index contributed by atoms with van der Waals surface area (Å²) < 4.78 is 5.53. The van der Waals surface area contributed by atoms with Crippen LogP contribution < -0.4 is 10.2 Å². The molecule has 0 aliphatic heterocycles. The zero-order chi connectivity index (χ0) is 13.1. The highest BCUT2D eigenvalue weighted by atomic mass is 35.5. The Labute approximate surface area is 111 Å². The molecule has 2 aromatic rings. The third-order valence-electron chi connectivity index (χ3n) is 2.50. The van der Waals surface area contributed by atoms with E-state index in [1.165, 1.54) is 0 Å². The molecule has 0 bridgehead atoms. The van der Waals surface area contributed by atoms with Crippen LogP contribution in [0.5, 0.6) is 0 Å². The van der Waals surface area contributed by atoms with E-state index in [9.17, 15) is 0 Å². The molecule has 0 radical (unpaired) electrons. The minimum Gasteiger partial charge on any atom is -0.464 e. The van der Waals surface area contributed by atoms with Crippen molar-refractivity contribution in [1.29, 1.82) is 0 Å². The fourth-order valence-corrected chi connectivity index (χ4v) is 1.86. The SMILES string of the molecule is CNc1ncc(Cl)c(N(C)Cc2ccc(C)o2)n1. The Morgan fingerprint density at radius 3 is 2.83 bits per heavy atom. The first-order chi connectivity index (χ1) is 8.60. The van der Waals surface area contributed by atoms with Gasteiger partial charge < -0.3 is 14.6 Å². The molecule has 5 nitrogen and oxygen atoms in total. The topological polar surface area (TPSA) is 54.2 Å². The van der Waals surface area contributed by atoms with Gasteiger partial charge in [-0.2, -0.15) is 4.98 Å². The van der Waals surface area contributed by atoms with Crippen molar-refractivity contribution in [2.24, 2.45) is 0 Å². The first kappa shape index (κ1) is 12.7. The van der Waals surface area contributed by atoms with Gasteiger partial charge in [-0.25, -0.2) is 4.98 Å². The number of halogens is 1. The number of aromatic nitrogens is 2. The van der Waals surface area contributed by atoms with Crippen LogP contribution in [0.4, 0.5) is 11.8 Å². The minimum absolute atomic E-state index is 0.514. The van der Waals surface area contributed by atoms with Gasteiger partial charge in [-0.1, -0.05) is 11.6 Å². The lowest BCUT2D eigenvalue weighted by Gasteiger charge is -2.18. The lowest BCUT2D eigenvalue weighted by molar-refractivity contribution is 0.481. The Hall–Kier alpha value is -1.75. The minimum atomic E-state index is 0.514. The quantitative estimate of drug-likeness (QED) is 0.922. The molecule has 0 unspecified atom stereocenters. The smallest absolute Gasteiger partial charge is 0.224 e. The van der Waals surface area contributed by atoms with Crippen LogP contribution >= 0.6 is 11.6 Å². The Bertz CT molecular complexity index is 541. The first-order valence-electron chi connectivity index (χ1n) is 5.57. The number of aryl methyl sites for hydroxylation is 1. The third kappa shape index (κ3) is 2.73. The molecule has 0 spiro atoms. The predicted molar refractivity (Wildman–Crippen MR) is 72.1 cm³/mol. The molecular weight excluding hydrogens is 252 g/mol. The van der Waals surface area contributed by atoms with Gasteiger partial charge in [0.2, 0.25) is 5.95 Å². The Morgan fingerprint density at radius 2 is 2.22 bits per heavy atom. The maximum atomic E-state index is 6.09. The van der Waals surface area contributed by atoms with Gasteiger partial charge >= 0.3 is 0 Å². The van der Waals surface area contributed by atoms with Crippen molar-refractivity contribution in [3.05, 3.63) is 34.9 Å². The highest BCUT2D eigenvalue weighted by Gasteiger charge is 2.11. The van der Waals surface area contributed by atoms with Gasteiger partial charge in [0, 0.05) is 14.1 Å². The standard InChI is InChI=1S/C12H15ClN4O/c1-8-4-5-9(18-8)7-17(3)11-10(13)6-15-12(14-2)16-11/h4-6H,7H2,1-3H3,(H,14,15,16). The van der Waals surface area contributed by atoms with E-state index in [0.717, 1.165) is 11.5 Å². The lowest BCUT2D eigenvalue weighted by atomic mass is 10.4. The van der Waals surface area contributed by atoms with Crippen molar-refractivity contribution < 1.29 is 4.42 Å². The van der Waals surface area contributed by atoms with Crippen LogP contribution in [0.3, 0.4) is 0 Å². The van der Waals surface area contributed by atoms with Crippen LogP contribution in [0.1, 0.15) is 11.5 Å². The van der Waals surface area contributed by atoms with Crippen molar-refractivity contribution in [2.45, 2.75) is 13.5 Å². The summed E-state index contributed by atoms with van der Waals surface area (Å²) in [6.07, 6.45) is 1.58. The summed E-state index contributed by atoms with van der Waals surface area (Å²) in [5, 5.41) is 3.40. The number of nitrogens with zero attached hydrogens (tertiary/aromatic N) is 3. The molecule has 2 aromatic heterocycles. The largest absolute Gasteiger partial charge is 0.464 e. The molecule has 0 atom stereocenters. The zero-order valence-electron chi connectivity index (χ0n) is 10.6. The number of furan rings is 1. The van der Waals surface area contributed by atoms with Crippen molar-refractivity contribution >= 4 is 23.4 Å². The van der Waals surface area contributed by atoms with E-state index >= 15 is 0 Å². The summed E-state index contributed by atoms with van der Waals surface area (Å²) in [5.41, 5.74) is 0. The average Bonchev–Trinajstić information content (AvgIpc) is 2.75. The van der Waals surface area contributed by atoms with Gasteiger partial charge in [0.15, 0.2) is 5.82 Å². The molecule has 0 aliphatic carbocycles. The van der Waals surface area contributed by atoms with E-state index in [1.54, 1.807) is 13.2 Å². The van der Waals surface area contributed by atoms with Gasteiger partial charge in [-0.15, -0.1) is 0 Å². The number of hydrogen-bond acceptors (Lipinski definition) is 5. The number of nitrogens with one attached hydrogen (secondary N) is 1. The monoisotopic (exact) mass is 266 g/mol. The van der Waals surface area contributed by atoms with Gasteiger partial charge in [-0.05, 0) is 19.1 Å². The van der Waals surface area contributed by atoms with Gasteiger partial charge in [0.1, 0.15) is 16.5 Å². The highest BCUT2D eigenvalue weighted by molar-refractivity contribution is 6.32. The van der Waals surface area contributed by atoms with E-state index in [0.29, 0.717) is 23.3 Å². The van der Waals surface area contributed by atoms with E-state index in [1.807, 2.05) is 31.0 Å². The van der Waals surface area contributed by atoms with Crippen LogP contribution in [-0.4, -0.2) is 24.1 Å². The average molecular weight is 267 g/mol. The van der Waals surface area contributed by atoms with Crippen molar-refractivity contribution in [1.82, 2.24) is 9.97 Å². The van der Waals surface area contributed by atoms with Crippen LogP contribution in [0.2, 0.25) is 5.02 Å². The highest BCUT2D eigenvalue weighted by Crippen LogP contribution is 2.24. The van der Waals surface area contributed by atoms with Gasteiger partial charge in [-0.3, -0.25) is 0 Å². The fraction of sp³-hybridized carbons (Fsp3) is 0.333. The molecule has 0 aromatic carbocycles. The van der Waals surface area contributed by atoms with E-state index < -0.39 is 0 Å². The molecule has 1 N–H and O–H groups in total. The van der Waals surface area contributed by atoms with Crippen molar-refractivity contribution in [2.75, 3.05) is 24.3 Å². The Kier molecular flexibility index (Phi) is 3.72. The summed E-state index contributed by atoms with van der Waals surface area (Å²) in [6, 6.07) is 3.88. The fourth-order valence-electron chi connectivity index (χ4n) is 1.63. The van der Waals surface area contributed by atoms with E-state index in [-0.39, 0.29) is 0 Å². The van der Waals surface area contributed by atoms with Crippen molar-refractivity contribution in [3.63, 3.8) is 0 Å². The molecular formula is C12H15ClN4O. The molecule has 2 rings (SSSR count). The second kappa shape index (κ2) is 5.27. The number of anilines is 2. The normalized spacial score (nSPS) is 10.4. The molecule has 6 heteroatoms. The zero-order valence-corrected chi connectivity index (χ0v) is 11.3. The molecule has 0 aliphatic rings. The predicted octanol–water partition coefficient (Wildman–Crippen LogP) is 2.71. The summed E-state index contributed by atoms with van der Waals surface area (Å²) in [7, 11) is 3.68. The van der Waals surface area contributed by atoms with Crippen LogP contribution in [0.25, 0.3) is 0 Å². The molecule has 0 fully saturated rings. The second-order valence-electron chi connectivity index (χ2n) is 3.98. The number of rotatable bonds is 4. The molecule has 0 amide bonds. The molecule has 0 saturated heterocycles. The maximum Gasteiger partial charge on any atom is 0.224 e. The van der Waals surface area contributed by atoms with Gasteiger partial charge in [0.05, 0.1) is 12.7 Å². The first-order valence-corrected chi connectivity index (χ1v) is 5.94. The van der Waals surface area contributed by atoms with Crippen molar-refractivity contribution in [3.8, 4) is 0 Å². The lowest BCUT2D eigenvalue weighted by Crippen LogP contribution is -2.18. The van der Waals surface area contributed by atoms with Crippen LogP contribution in [0.15, 0.2) is 22.7 Å².